The summed E-state index contributed by atoms with van der Waals surface area (Å²) >= 11 is 0. The molecule has 0 atom stereocenters. The fourth-order valence-electron chi connectivity index (χ4n) is 2.09. The molecule has 1 saturated carbocycles. The summed E-state index contributed by atoms with van der Waals surface area (Å²) in [5, 5.41) is 9.77. The van der Waals surface area contributed by atoms with Crippen molar-refractivity contribution in [3.63, 3.8) is 0 Å². The fraction of sp³-hybridized carbons (Fsp3) is 0.571. The first kappa shape index (κ1) is 10.5. The first-order valence-electron chi connectivity index (χ1n) is 5.73. The predicted octanol–water partition coefficient (Wildman–Crippen LogP) is 3.88. The van der Waals surface area contributed by atoms with Gasteiger partial charge in [0.15, 0.2) is 0 Å². The predicted molar refractivity (Wildman–Crippen MR) is 63.5 cm³/mol. The molecular formula is C14H20O. The average Bonchev–Trinajstić information content (AvgIpc) is 2.89. The molecule has 2 rings (SSSR count). The summed E-state index contributed by atoms with van der Waals surface area (Å²) in [6, 6.07) is 4.14. The van der Waals surface area contributed by atoms with Gasteiger partial charge in [-0.15, -0.1) is 0 Å². The Hall–Kier alpha value is -0.980. The molecule has 1 aromatic rings. The van der Waals surface area contributed by atoms with Gasteiger partial charge in [0.1, 0.15) is 5.75 Å². The highest BCUT2D eigenvalue weighted by Crippen LogP contribution is 2.46. The van der Waals surface area contributed by atoms with Gasteiger partial charge >= 0.3 is 0 Å². The third-order valence-corrected chi connectivity index (χ3v) is 3.19. The second-order valence-electron chi connectivity index (χ2n) is 5.75. The number of aromatic hydroxyl groups is 1. The van der Waals surface area contributed by atoms with Gasteiger partial charge in [0, 0.05) is 0 Å². The van der Waals surface area contributed by atoms with Crippen LogP contribution in [0.1, 0.15) is 56.2 Å². The molecular weight excluding hydrogens is 184 g/mol. The van der Waals surface area contributed by atoms with Crippen LogP contribution in [0.25, 0.3) is 0 Å². The van der Waals surface area contributed by atoms with E-state index in [4.69, 9.17) is 0 Å². The summed E-state index contributed by atoms with van der Waals surface area (Å²) in [7, 11) is 0. The lowest BCUT2D eigenvalue weighted by molar-refractivity contribution is 0.468. The monoisotopic (exact) mass is 204 g/mol. The number of hydrogen-bond acceptors (Lipinski definition) is 1. The normalized spacial score (nSPS) is 16.8. The smallest absolute Gasteiger partial charge is 0.118 e. The molecule has 1 aromatic carbocycles. The molecule has 15 heavy (non-hydrogen) atoms. The molecule has 0 saturated heterocycles. The maximum atomic E-state index is 9.77. The van der Waals surface area contributed by atoms with Crippen molar-refractivity contribution < 1.29 is 5.11 Å². The number of aryl methyl sites for hydroxylation is 1. The SMILES string of the molecule is Cc1cc(C(C)(C)C)c(C2CC2)cc1O. The van der Waals surface area contributed by atoms with Gasteiger partial charge in [-0.2, -0.15) is 0 Å². The van der Waals surface area contributed by atoms with E-state index in [2.05, 4.69) is 26.8 Å². The van der Waals surface area contributed by atoms with Gasteiger partial charge in [0.25, 0.3) is 0 Å². The quantitative estimate of drug-likeness (QED) is 0.736. The van der Waals surface area contributed by atoms with Gasteiger partial charge in [-0.25, -0.2) is 0 Å². The Kier molecular flexibility index (Phi) is 2.29. The molecule has 1 heteroatoms. The lowest BCUT2D eigenvalue weighted by Gasteiger charge is -2.24. The summed E-state index contributed by atoms with van der Waals surface area (Å²) in [6.07, 6.45) is 2.57. The lowest BCUT2D eigenvalue weighted by Crippen LogP contribution is -2.14. The van der Waals surface area contributed by atoms with E-state index >= 15 is 0 Å². The Morgan fingerprint density at radius 1 is 1.20 bits per heavy atom. The molecule has 0 heterocycles. The topological polar surface area (TPSA) is 20.2 Å². The van der Waals surface area contributed by atoms with Gasteiger partial charge < -0.3 is 5.11 Å². The van der Waals surface area contributed by atoms with E-state index in [1.807, 2.05) is 13.0 Å². The Balaban J connectivity index is 2.55. The highest BCUT2D eigenvalue weighted by Gasteiger charge is 2.30. The Morgan fingerprint density at radius 3 is 2.27 bits per heavy atom. The Morgan fingerprint density at radius 2 is 1.80 bits per heavy atom. The zero-order valence-corrected chi connectivity index (χ0v) is 10.1. The van der Waals surface area contributed by atoms with Gasteiger partial charge in [-0.05, 0) is 53.9 Å². The molecule has 82 valence electrons. The summed E-state index contributed by atoms with van der Waals surface area (Å²) in [5.41, 5.74) is 3.94. The zero-order valence-electron chi connectivity index (χ0n) is 10.1. The van der Waals surface area contributed by atoms with Crippen LogP contribution < -0.4 is 0 Å². The molecule has 1 aliphatic carbocycles. The van der Waals surface area contributed by atoms with Crippen LogP contribution in [0.2, 0.25) is 0 Å². The second kappa shape index (κ2) is 3.26. The van der Waals surface area contributed by atoms with Gasteiger partial charge in [0.2, 0.25) is 0 Å². The molecule has 0 bridgehead atoms. The molecule has 0 amide bonds. The maximum absolute atomic E-state index is 9.77. The van der Waals surface area contributed by atoms with E-state index in [-0.39, 0.29) is 5.41 Å². The fourth-order valence-corrected chi connectivity index (χ4v) is 2.09. The van der Waals surface area contributed by atoms with Crippen molar-refractivity contribution in [3.05, 3.63) is 28.8 Å². The first-order chi connectivity index (χ1) is 6.89. The minimum atomic E-state index is 0.177. The summed E-state index contributed by atoms with van der Waals surface area (Å²) < 4.78 is 0. The molecule has 1 fully saturated rings. The van der Waals surface area contributed by atoms with Crippen LogP contribution >= 0.6 is 0 Å². The van der Waals surface area contributed by atoms with E-state index in [1.54, 1.807) is 0 Å². The van der Waals surface area contributed by atoms with Crippen LogP contribution in [0.3, 0.4) is 0 Å². The highest BCUT2D eigenvalue weighted by molar-refractivity contribution is 5.46. The van der Waals surface area contributed by atoms with Crippen LogP contribution in [0.4, 0.5) is 0 Å². The van der Waals surface area contributed by atoms with Gasteiger partial charge in [-0.3, -0.25) is 0 Å². The van der Waals surface area contributed by atoms with Crippen molar-refractivity contribution in [1.29, 1.82) is 0 Å². The number of rotatable bonds is 1. The molecule has 1 aliphatic rings. The van der Waals surface area contributed by atoms with Crippen molar-refractivity contribution >= 4 is 0 Å². The number of phenols is 1. The molecule has 0 unspecified atom stereocenters. The molecule has 0 aliphatic heterocycles. The van der Waals surface area contributed by atoms with Crippen LogP contribution in [0.5, 0.6) is 5.75 Å². The van der Waals surface area contributed by atoms with Crippen molar-refractivity contribution in [2.24, 2.45) is 0 Å². The zero-order chi connectivity index (χ0) is 11.2. The lowest BCUT2D eigenvalue weighted by atomic mass is 9.81. The average molecular weight is 204 g/mol. The minimum absolute atomic E-state index is 0.177. The van der Waals surface area contributed by atoms with Crippen molar-refractivity contribution in [3.8, 4) is 5.75 Å². The van der Waals surface area contributed by atoms with E-state index < -0.39 is 0 Å². The summed E-state index contributed by atoms with van der Waals surface area (Å²) in [6.45, 7) is 8.70. The van der Waals surface area contributed by atoms with E-state index in [1.165, 1.54) is 24.0 Å². The van der Waals surface area contributed by atoms with Crippen LogP contribution in [0, 0.1) is 6.92 Å². The third-order valence-electron chi connectivity index (χ3n) is 3.19. The summed E-state index contributed by atoms with van der Waals surface area (Å²) in [5.74, 6) is 1.15. The largest absolute Gasteiger partial charge is 0.508 e. The minimum Gasteiger partial charge on any atom is -0.508 e. The standard InChI is InChI=1S/C14H20O/c1-9-7-12(14(2,3)4)11(8-13(9)15)10-5-6-10/h7-8,10,15H,5-6H2,1-4H3. The number of benzene rings is 1. The van der Waals surface area contributed by atoms with E-state index in [0.717, 1.165) is 5.56 Å². The molecule has 0 spiro atoms. The molecule has 0 radical (unpaired) electrons. The Labute approximate surface area is 92.1 Å². The summed E-state index contributed by atoms with van der Waals surface area (Å²) in [4.78, 5) is 0. The van der Waals surface area contributed by atoms with Gasteiger partial charge in [-0.1, -0.05) is 26.8 Å². The van der Waals surface area contributed by atoms with E-state index in [0.29, 0.717) is 11.7 Å². The second-order valence-corrected chi connectivity index (χ2v) is 5.75. The molecule has 1 nitrogen and oxygen atoms in total. The van der Waals surface area contributed by atoms with Crippen molar-refractivity contribution in [2.45, 2.75) is 51.9 Å². The first-order valence-corrected chi connectivity index (χ1v) is 5.73. The molecule has 0 aromatic heterocycles. The van der Waals surface area contributed by atoms with Crippen molar-refractivity contribution in [2.75, 3.05) is 0 Å². The molecule has 1 N–H and O–H groups in total. The number of phenolic OH excluding ortho intramolecular Hbond substituents is 1. The Bertz CT molecular complexity index is 381. The van der Waals surface area contributed by atoms with E-state index in [9.17, 15) is 5.11 Å². The van der Waals surface area contributed by atoms with Crippen LogP contribution in [0.15, 0.2) is 12.1 Å². The number of hydrogen-bond donors (Lipinski definition) is 1. The van der Waals surface area contributed by atoms with Gasteiger partial charge in [0.05, 0.1) is 0 Å². The third kappa shape index (κ3) is 2.01. The van der Waals surface area contributed by atoms with Crippen LogP contribution in [-0.2, 0) is 5.41 Å². The van der Waals surface area contributed by atoms with Crippen molar-refractivity contribution in [1.82, 2.24) is 0 Å². The maximum Gasteiger partial charge on any atom is 0.118 e. The highest BCUT2D eigenvalue weighted by atomic mass is 16.3. The van der Waals surface area contributed by atoms with Crippen LogP contribution in [-0.4, -0.2) is 5.11 Å².